The number of nitrogens with zero attached hydrogens (tertiary/aromatic N) is 1. The molecule has 3 rings (SSSR count). The van der Waals surface area contributed by atoms with Crippen molar-refractivity contribution in [1.82, 2.24) is 4.90 Å². The number of rotatable bonds is 2. The van der Waals surface area contributed by atoms with Gasteiger partial charge in [-0.25, -0.2) is 0 Å². The first-order valence-electron chi connectivity index (χ1n) is 6.17. The minimum Gasteiger partial charge on any atom is -0.472 e. The van der Waals surface area contributed by atoms with Gasteiger partial charge in [-0.1, -0.05) is 0 Å². The molecule has 2 aliphatic rings. The van der Waals surface area contributed by atoms with E-state index in [1.54, 1.807) is 19.4 Å². The SMILES string of the molecule is COC1CC2CCC(C1)N2C(=O)c1ccoc1. The zero-order valence-electron chi connectivity index (χ0n) is 9.96. The van der Waals surface area contributed by atoms with Crippen LogP contribution in [0.1, 0.15) is 36.0 Å². The number of fused-ring (bicyclic) bond motifs is 2. The molecule has 0 saturated carbocycles. The minimum atomic E-state index is 0.112. The topological polar surface area (TPSA) is 42.7 Å². The molecular weight excluding hydrogens is 218 g/mol. The van der Waals surface area contributed by atoms with Gasteiger partial charge in [0.2, 0.25) is 0 Å². The molecular formula is C13H17NO3. The second-order valence-electron chi connectivity index (χ2n) is 4.94. The van der Waals surface area contributed by atoms with Crippen molar-refractivity contribution in [3.05, 3.63) is 24.2 Å². The molecule has 0 spiro atoms. The maximum atomic E-state index is 12.3. The van der Waals surface area contributed by atoms with Gasteiger partial charge in [0, 0.05) is 19.2 Å². The van der Waals surface area contributed by atoms with E-state index in [-0.39, 0.29) is 5.91 Å². The van der Waals surface area contributed by atoms with Gasteiger partial charge in [0.25, 0.3) is 5.91 Å². The standard InChI is InChI=1S/C13H17NO3/c1-16-12-6-10-2-3-11(7-12)14(10)13(15)9-4-5-17-8-9/h4-5,8,10-12H,2-3,6-7H2,1H3. The summed E-state index contributed by atoms with van der Waals surface area (Å²) in [7, 11) is 1.76. The number of methoxy groups -OCH3 is 1. The first-order valence-corrected chi connectivity index (χ1v) is 6.17. The van der Waals surface area contributed by atoms with Crippen molar-refractivity contribution in [1.29, 1.82) is 0 Å². The van der Waals surface area contributed by atoms with E-state index in [4.69, 9.17) is 9.15 Å². The lowest BCUT2D eigenvalue weighted by Crippen LogP contribution is -2.48. The Bertz CT molecular complexity index is 387. The fourth-order valence-corrected chi connectivity index (χ4v) is 3.19. The molecule has 2 aliphatic heterocycles. The number of amides is 1. The predicted molar refractivity (Wildman–Crippen MR) is 61.7 cm³/mol. The lowest BCUT2D eigenvalue weighted by molar-refractivity contribution is 0.00820. The number of furan rings is 1. The van der Waals surface area contributed by atoms with Crippen molar-refractivity contribution in [3.63, 3.8) is 0 Å². The van der Waals surface area contributed by atoms with E-state index in [1.165, 1.54) is 6.26 Å². The minimum absolute atomic E-state index is 0.112. The average Bonchev–Trinajstić information content (AvgIpc) is 2.95. The van der Waals surface area contributed by atoms with Gasteiger partial charge in [-0.15, -0.1) is 0 Å². The van der Waals surface area contributed by atoms with Crippen LogP contribution in [0.2, 0.25) is 0 Å². The van der Waals surface area contributed by atoms with Crippen LogP contribution in [0.15, 0.2) is 23.0 Å². The van der Waals surface area contributed by atoms with Gasteiger partial charge in [-0.3, -0.25) is 4.79 Å². The average molecular weight is 235 g/mol. The Balaban J connectivity index is 1.79. The fourth-order valence-electron chi connectivity index (χ4n) is 3.19. The van der Waals surface area contributed by atoms with E-state index in [2.05, 4.69) is 0 Å². The van der Waals surface area contributed by atoms with Gasteiger partial charge < -0.3 is 14.1 Å². The highest BCUT2D eigenvalue weighted by Crippen LogP contribution is 2.37. The molecule has 4 nitrogen and oxygen atoms in total. The number of carbonyl (C=O) groups is 1. The summed E-state index contributed by atoms with van der Waals surface area (Å²) in [6.45, 7) is 0. The summed E-state index contributed by atoms with van der Waals surface area (Å²) in [6.07, 6.45) is 7.55. The summed E-state index contributed by atoms with van der Waals surface area (Å²) in [5.41, 5.74) is 0.665. The van der Waals surface area contributed by atoms with Crippen molar-refractivity contribution in [2.24, 2.45) is 0 Å². The Morgan fingerprint density at radius 3 is 2.65 bits per heavy atom. The molecule has 0 radical (unpaired) electrons. The first-order chi connectivity index (χ1) is 8.29. The van der Waals surface area contributed by atoms with Crippen LogP contribution in [0.4, 0.5) is 0 Å². The van der Waals surface area contributed by atoms with Crippen LogP contribution in [-0.2, 0) is 4.74 Å². The number of hydrogen-bond acceptors (Lipinski definition) is 3. The van der Waals surface area contributed by atoms with Crippen LogP contribution < -0.4 is 0 Å². The molecule has 0 aliphatic carbocycles. The van der Waals surface area contributed by atoms with Gasteiger partial charge in [-0.2, -0.15) is 0 Å². The monoisotopic (exact) mass is 235 g/mol. The van der Waals surface area contributed by atoms with Crippen LogP contribution in [0.25, 0.3) is 0 Å². The Morgan fingerprint density at radius 1 is 1.41 bits per heavy atom. The first kappa shape index (κ1) is 10.8. The third-order valence-corrected chi connectivity index (χ3v) is 4.03. The van der Waals surface area contributed by atoms with Gasteiger partial charge >= 0.3 is 0 Å². The fraction of sp³-hybridized carbons (Fsp3) is 0.615. The van der Waals surface area contributed by atoms with E-state index < -0.39 is 0 Å². The number of hydrogen-bond donors (Lipinski definition) is 0. The van der Waals surface area contributed by atoms with Gasteiger partial charge in [0.1, 0.15) is 6.26 Å². The van der Waals surface area contributed by atoms with E-state index in [0.717, 1.165) is 25.7 Å². The molecule has 2 unspecified atom stereocenters. The number of piperidine rings is 1. The predicted octanol–water partition coefficient (Wildman–Crippen LogP) is 2.06. The molecule has 4 heteroatoms. The Labute approximate surface area is 101 Å². The van der Waals surface area contributed by atoms with Crippen molar-refractivity contribution in [3.8, 4) is 0 Å². The zero-order valence-corrected chi connectivity index (χ0v) is 9.96. The molecule has 3 heterocycles. The lowest BCUT2D eigenvalue weighted by Gasteiger charge is -2.38. The van der Waals surface area contributed by atoms with Crippen LogP contribution in [0, 0.1) is 0 Å². The number of ether oxygens (including phenoxy) is 1. The van der Waals surface area contributed by atoms with Crippen LogP contribution in [-0.4, -0.2) is 36.1 Å². The maximum absolute atomic E-state index is 12.3. The van der Waals surface area contributed by atoms with Crippen molar-refractivity contribution in [2.45, 2.75) is 43.9 Å². The molecule has 1 aromatic rings. The Morgan fingerprint density at radius 2 is 2.12 bits per heavy atom. The molecule has 92 valence electrons. The van der Waals surface area contributed by atoms with Crippen LogP contribution >= 0.6 is 0 Å². The molecule has 2 saturated heterocycles. The Kier molecular flexibility index (Phi) is 2.67. The van der Waals surface area contributed by atoms with Crippen molar-refractivity contribution in [2.75, 3.05) is 7.11 Å². The molecule has 2 fully saturated rings. The van der Waals surface area contributed by atoms with E-state index in [1.807, 2.05) is 4.90 Å². The van der Waals surface area contributed by atoms with E-state index >= 15 is 0 Å². The van der Waals surface area contributed by atoms with E-state index in [0.29, 0.717) is 23.8 Å². The quantitative estimate of drug-likeness (QED) is 0.788. The molecule has 17 heavy (non-hydrogen) atoms. The van der Waals surface area contributed by atoms with Gasteiger partial charge in [0.15, 0.2) is 0 Å². The lowest BCUT2D eigenvalue weighted by atomic mass is 9.99. The summed E-state index contributed by atoms with van der Waals surface area (Å²) in [5.74, 6) is 0.112. The second-order valence-corrected chi connectivity index (χ2v) is 4.94. The molecule has 1 amide bonds. The normalized spacial score (nSPS) is 31.8. The highest BCUT2D eigenvalue weighted by molar-refractivity contribution is 5.94. The maximum Gasteiger partial charge on any atom is 0.257 e. The van der Waals surface area contributed by atoms with Crippen molar-refractivity contribution < 1.29 is 13.9 Å². The summed E-state index contributed by atoms with van der Waals surface area (Å²) in [4.78, 5) is 14.4. The third kappa shape index (κ3) is 1.76. The number of carbonyl (C=O) groups excluding carboxylic acids is 1. The van der Waals surface area contributed by atoms with E-state index in [9.17, 15) is 4.79 Å². The largest absolute Gasteiger partial charge is 0.472 e. The molecule has 1 aromatic heterocycles. The summed E-state index contributed by atoms with van der Waals surface area (Å²) >= 11 is 0. The highest BCUT2D eigenvalue weighted by atomic mass is 16.5. The third-order valence-electron chi connectivity index (χ3n) is 4.03. The molecule has 0 aromatic carbocycles. The molecule has 2 atom stereocenters. The van der Waals surface area contributed by atoms with Gasteiger partial charge in [0.05, 0.1) is 17.9 Å². The summed E-state index contributed by atoms with van der Waals surface area (Å²) in [6, 6.07) is 2.44. The highest BCUT2D eigenvalue weighted by Gasteiger charge is 2.43. The summed E-state index contributed by atoms with van der Waals surface area (Å²) in [5, 5.41) is 0. The molecule has 2 bridgehead atoms. The second kappa shape index (κ2) is 4.18. The van der Waals surface area contributed by atoms with Crippen LogP contribution in [0.3, 0.4) is 0 Å². The Hall–Kier alpha value is -1.29. The summed E-state index contributed by atoms with van der Waals surface area (Å²) < 4.78 is 10.4. The van der Waals surface area contributed by atoms with Crippen LogP contribution in [0.5, 0.6) is 0 Å². The zero-order chi connectivity index (χ0) is 11.8. The van der Waals surface area contributed by atoms with Gasteiger partial charge in [-0.05, 0) is 31.7 Å². The molecule has 0 N–H and O–H groups in total. The van der Waals surface area contributed by atoms with Crippen molar-refractivity contribution >= 4 is 5.91 Å². The smallest absolute Gasteiger partial charge is 0.257 e.